The average Bonchev–Trinajstić information content (AvgIpc) is 2.00. The van der Waals surface area contributed by atoms with Gasteiger partial charge in [0, 0.05) is 12.1 Å². The van der Waals surface area contributed by atoms with Crippen molar-refractivity contribution in [3.8, 4) is 0 Å². The van der Waals surface area contributed by atoms with Crippen molar-refractivity contribution in [3.63, 3.8) is 0 Å². The van der Waals surface area contributed by atoms with Crippen molar-refractivity contribution in [2.45, 2.75) is 37.8 Å². The van der Waals surface area contributed by atoms with E-state index in [2.05, 4.69) is 0 Å². The van der Waals surface area contributed by atoms with E-state index < -0.39 is 0 Å². The molecule has 1 aliphatic carbocycles. The Morgan fingerprint density at radius 3 is 1.50 bits per heavy atom. The van der Waals surface area contributed by atoms with Gasteiger partial charge >= 0.3 is 24.0 Å². The molecule has 2 atom stereocenters. The van der Waals surface area contributed by atoms with Gasteiger partial charge < -0.3 is 11.5 Å². The Bertz CT molecular complexity index is 72.1. The van der Waals surface area contributed by atoms with Gasteiger partial charge in [-0.1, -0.05) is 12.8 Å². The quantitative estimate of drug-likeness (QED) is 0.570. The summed E-state index contributed by atoms with van der Waals surface area (Å²) in [4.78, 5) is 0. The molecule has 65 valence electrons. The summed E-state index contributed by atoms with van der Waals surface area (Å²) in [7, 11) is 0. The average molecular weight is 326 g/mol. The number of hydrogen-bond donors (Lipinski definition) is 3. The van der Waals surface area contributed by atoms with E-state index >= 15 is 0 Å². The zero-order chi connectivity index (χ0) is 7.98. The van der Waals surface area contributed by atoms with Crippen molar-refractivity contribution in [3.05, 3.63) is 0 Å². The van der Waals surface area contributed by atoms with Crippen LogP contribution in [0.4, 0.5) is 0 Å². The van der Waals surface area contributed by atoms with Crippen LogP contribution in [-0.2, 0) is 20.2 Å². The topological polar surface area (TPSA) is 72.3 Å². The molecule has 3 nitrogen and oxygen atoms in total. The van der Waals surface area contributed by atoms with E-state index in [1.165, 1.54) is 12.8 Å². The Balaban J connectivity index is 0.000000371. The van der Waals surface area contributed by atoms with Crippen molar-refractivity contribution in [1.29, 1.82) is 0 Å². The van der Waals surface area contributed by atoms with Gasteiger partial charge in [0.1, 0.15) is 0 Å². The van der Waals surface area contributed by atoms with Crippen LogP contribution >= 0.6 is 0 Å². The molecule has 1 saturated carbocycles. The molecule has 0 bridgehead atoms. The zero-order valence-electron chi connectivity index (χ0n) is 5.90. The molecule has 0 radical (unpaired) electrons. The molecule has 4 heteroatoms. The van der Waals surface area contributed by atoms with Gasteiger partial charge in [-0.15, -0.1) is 0 Å². The van der Waals surface area contributed by atoms with Crippen molar-refractivity contribution in [2.24, 2.45) is 11.5 Å². The Morgan fingerprint density at radius 2 is 1.30 bits per heavy atom. The van der Waals surface area contributed by atoms with Gasteiger partial charge in [0.05, 0.1) is 0 Å². The van der Waals surface area contributed by atoms with E-state index in [9.17, 15) is 0 Å². The van der Waals surface area contributed by atoms with Crippen LogP contribution in [0.15, 0.2) is 0 Å². The Hall–Kier alpha value is 0.568. The Labute approximate surface area is 73.5 Å². The third-order valence-electron chi connectivity index (χ3n) is 1.87. The summed E-state index contributed by atoms with van der Waals surface area (Å²) in [6.45, 7) is 0. The molecular formula is C6H15N2OPt. The van der Waals surface area contributed by atoms with Crippen LogP contribution in [0.1, 0.15) is 25.7 Å². The van der Waals surface area contributed by atoms with Crippen LogP contribution in [0.25, 0.3) is 0 Å². The van der Waals surface area contributed by atoms with Crippen LogP contribution < -0.4 is 11.5 Å². The first-order valence-electron chi connectivity index (χ1n) is 3.46. The summed E-state index contributed by atoms with van der Waals surface area (Å²) >= 11 is 1.14. The third kappa shape index (κ3) is 3.67. The van der Waals surface area contributed by atoms with Gasteiger partial charge in [0.15, 0.2) is 0 Å². The van der Waals surface area contributed by atoms with Crippen LogP contribution in [0.5, 0.6) is 0 Å². The first-order valence-corrected chi connectivity index (χ1v) is 4.47. The predicted octanol–water partition coefficient (Wildman–Crippen LogP) is -0.344. The standard InChI is InChI=1S/C6H14N2.H2O.Pt/c7-5-3-1-2-4-6(5)8;;/h5-6H,1-4,7-8H2;1H2;/q;;+1/p-1/t5-,6-;;/m1../s1. The van der Waals surface area contributed by atoms with Crippen LogP contribution in [-0.4, -0.2) is 15.8 Å². The third-order valence-corrected chi connectivity index (χ3v) is 1.87. The fourth-order valence-corrected chi connectivity index (χ4v) is 1.19. The predicted molar refractivity (Wildman–Crippen MR) is 36.6 cm³/mol. The van der Waals surface area contributed by atoms with E-state index in [0.29, 0.717) is 0 Å². The van der Waals surface area contributed by atoms with Crippen molar-refractivity contribution < 1.29 is 24.0 Å². The molecule has 10 heavy (non-hydrogen) atoms. The fraction of sp³-hybridized carbons (Fsp3) is 1.00. The van der Waals surface area contributed by atoms with Crippen molar-refractivity contribution in [2.75, 3.05) is 0 Å². The fourth-order valence-electron chi connectivity index (χ4n) is 1.19. The summed E-state index contributed by atoms with van der Waals surface area (Å²) in [5, 5.41) is 0. The molecule has 1 rings (SSSR count). The normalized spacial score (nSPS) is 32.5. The van der Waals surface area contributed by atoms with Gasteiger partial charge in [0.2, 0.25) is 0 Å². The van der Waals surface area contributed by atoms with Crippen LogP contribution in [0.2, 0.25) is 0 Å². The van der Waals surface area contributed by atoms with Gasteiger partial charge in [0.25, 0.3) is 0 Å². The molecule has 0 aromatic carbocycles. The number of nitrogens with two attached hydrogens (primary N) is 2. The van der Waals surface area contributed by atoms with Crippen molar-refractivity contribution in [1.82, 2.24) is 0 Å². The molecule has 0 saturated heterocycles. The minimum atomic E-state index is 0.281. The van der Waals surface area contributed by atoms with Gasteiger partial charge in [-0.2, -0.15) is 0 Å². The van der Waals surface area contributed by atoms with Crippen molar-refractivity contribution >= 4 is 0 Å². The molecule has 0 amide bonds. The van der Waals surface area contributed by atoms with E-state index in [1.54, 1.807) is 0 Å². The molecule has 0 aliphatic heterocycles. The van der Waals surface area contributed by atoms with E-state index in [-0.39, 0.29) is 12.1 Å². The van der Waals surface area contributed by atoms with Gasteiger partial charge in [-0.3, -0.25) is 0 Å². The SMILES string of the molecule is N[C@@H]1CCCC[C@H]1N.[OH][Pt]. The summed E-state index contributed by atoms with van der Waals surface area (Å²) in [6.07, 6.45) is 4.80. The Morgan fingerprint density at radius 1 is 1.00 bits per heavy atom. The maximum atomic E-state index is 6.97. The molecular weight excluding hydrogens is 311 g/mol. The van der Waals surface area contributed by atoms with Gasteiger partial charge in [-0.25, -0.2) is 0 Å². The molecule has 0 unspecified atom stereocenters. The monoisotopic (exact) mass is 326 g/mol. The molecule has 0 aromatic heterocycles. The van der Waals surface area contributed by atoms with Gasteiger partial charge in [-0.05, 0) is 12.8 Å². The van der Waals surface area contributed by atoms with Crippen LogP contribution in [0.3, 0.4) is 0 Å². The van der Waals surface area contributed by atoms with E-state index in [4.69, 9.17) is 15.2 Å². The molecule has 0 aromatic rings. The molecule has 0 heterocycles. The second-order valence-electron chi connectivity index (χ2n) is 2.61. The second kappa shape index (κ2) is 6.29. The van der Waals surface area contributed by atoms with Crippen LogP contribution in [0, 0.1) is 0 Å². The van der Waals surface area contributed by atoms with E-state index in [0.717, 1.165) is 33.0 Å². The number of hydrogen-bond acceptors (Lipinski definition) is 3. The summed E-state index contributed by atoms with van der Waals surface area (Å²) in [5.41, 5.74) is 11.3. The summed E-state index contributed by atoms with van der Waals surface area (Å²) < 4.78 is 6.97. The second-order valence-corrected chi connectivity index (χ2v) is 2.61. The summed E-state index contributed by atoms with van der Waals surface area (Å²) in [6, 6.07) is 0.562. The maximum absolute atomic E-state index is 6.97. The zero-order valence-corrected chi connectivity index (χ0v) is 8.17. The first-order chi connectivity index (χ1) is 4.80. The minimum absolute atomic E-state index is 0.281. The first kappa shape index (κ1) is 10.6. The summed E-state index contributed by atoms with van der Waals surface area (Å²) in [5.74, 6) is 0. The molecule has 1 fully saturated rings. The molecule has 0 spiro atoms. The molecule has 5 N–H and O–H groups in total. The van der Waals surface area contributed by atoms with E-state index in [1.807, 2.05) is 0 Å². The molecule has 1 aliphatic rings. The number of rotatable bonds is 0. The Kier molecular flexibility index (Phi) is 6.65.